The van der Waals surface area contributed by atoms with Crippen molar-refractivity contribution in [3.63, 3.8) is 0 Å². The second-order valence-electron chi connectivity index (χ2n) is 11.6. The maximum atomic E-state index is 11.3. The van der Waals surface area contributed by atoms with E-state index in [0.29, 0.717) is 24.4 Å². The van der Waals surface area contributed by atoms with E-state index in [1.54, 1.807) is 13.8 Å². The van der Waals surface area contributed by atoms with Gasteiger partial charge < -0.3 is 14.0 Å². The fourth-order valence-corrected chi connectivity index (χ4v) is 4.45. The highest BCUT2D eigenvalue weighted by molar-refractivity contribution is 5.87. The minimum absolute atomic E-state index is 0.265. The average molecular weight is 523 g/mol. The summed E-state index contributed by atoms with van der Waals surface area (Å²) in [5.41, 5.74) is 0.963. The van der Waals surface area contributed by atoms with E-state index in [2.05, 4.69) is 27.3 Å². The van der Waals surface area contributed by atoms with Crippen LogP contribution < -0.4 is 0 Å². The summed E-state index contributed by atoms with van der Waals surface area (Å²) < 4.78 is 11.4. The van der Waals surface area contributed by atoms with E-state index >= 15 is 0 Å². The van der Waals surface area contributed by atoms with Gasteiger partial charge in [-0.3, -0.25) is 0 Å². The lowest BCUT2D eigenvalue weighted by atomic mass is 10.1. The fourth-order valence-electron chi connectivity index (χ4n) is 4.45. The first-order valence-corrected chi connectivity index (χ1v) is 15.1. The third kappa shape index (κ3) is 24.5. The number of carbonyl (C=O) groups is 2. The Labute approximate surface area is 229 Å². The number of hydrogen-bond donors (Lipinski definition) is 0. The lowest BCUT2D eigenvalue weighted by molar-refractivity contribution is -0.890. The van der Waals surface area contributed by atoms with Crippen molar-refractivity contribution >= 4 is 11.9 Å². The van der Waals surface area contributed by atoms with Gasteiger partial charge in [-0.25, -0.2) is 9.59 Å². The smallest absolute Gasteiger partial charge is 0.333 e. The van der Waals surface area contributed by atoms with Crippen LogP contribution in [0, 0.1) is 0 Å². The maximum absolute atomic E-state index is 11.3. The topological polar surface area (TPSA) is 52.6 Å². The largest absolute Gasteiger partial charge is 0.462 e. The van der Waals surface area contributed by atoms with Gasteiger partial charge in [-0.1, -0.05) is 90.2 Å². The summed E-state index contributed by atoms with van der Waals surface area (Å²) in [4.78, 5) is 22.6. The summed E-state index contributed by atoms with van der Waals surface area (Å²) >= 11 is 0. The number of unbranched alkanes of at least 4 members (excludes halogenated alkanes) is 16. The second-order valence-corrected chi connectivity index (χ2v) is 11.6. The van der Waals surface area contributed by atoms with Crippen molar-refractivity contribution in [1.82, 2.24) is 0 Å². The van der Waals surface area contributed by atoms with Crippen molar-refractivity contribution < 1.29 is 23.5 Å². The molecule has 5 nitrogen and oxygen atoms in total. The predicted molar refractivity (Wildman–Crippen MR) is 156 cm³/mol. The molecular formula is C32H60NO4+. The molecule has 216 valence electrons. The molecule has 0 aliphatic rings. The van der Waals surface area contributed by atoms with Gasteiger partial charge in [0.2, 0.25) is 0 Å². The molecule has 0 aromatic rings. The van der Waals surface area contributed by atoms with Gasteiger partial charge in [-0.05, 0) is 52.4 Å². The average Bonchev–Trinajstić information content (AvgIpc) is 2.84. The molecule has 0 amide bonds. The number of esters is 2. The Bertz CT molecular complexity index is 574. The van der Waals surface area contributed by atoms with Gasteiger partial charge >= 0.3 is 11.9 Å². The van der Waals surface area contributed by atoms with Crippen LogP contribution in [0.2, 0.25) is 0 Å². The first-order chi connectivity index (χ1) is 17.7. The third-order valence-electron chi connectivity index (χ3n) is 6.98. The molecular weight excluding hydrogens is 462 g/mol. The molecule has 0 aliphatic heterocycles. The highest BCUT2D eigenvalue weighted by Crippen LogP contribution is 2.14. The number of ether oxygens (including phenoxy) is 2. The van der Waals surface area contributed by atoms with Crippen LogP contribution in [0.1, 0.15) is 129 Å². The number of carbonyl (C=O) groups excluding carboxylic acids is 2. The third-order valence-corrected chi connectivity index (χ3v) is 6.98. The quantitative estimate of drug-likeness (QED) is 0.0496. The Morgan fingerprint density at radius 3 is 1.00 bits per heavy atom. The molecule has 0 aliphatic carbocycles. The molecule has 0 rings (SSSR count). The summed E-state index contributed by atoms with van der Waals surface area (Å²) in [5.74, 6) is -0.531. The standard InChI is InChI=1S/C32H60NO4/c1-29(2)31(34)36-27-23-19-15-11-7-9-13-17-21-25-33(5,6)26-22-18-14-10-8-12-16-20-24-28-37-32(35)30(3)4/h1,3,7-28H2,2,4-6H3/q+1. The number of nitrogens with zero attached hydrogens (tertiary/aromatic N) is 1. The van der Waals surface area contributed by atoms with Gasteiger partial charge in [0.15, 0.2) is 0 Å². The van der Waals surface area contributed by atoms with Gasteiger partial charge in [0.25, 0.3) is 0 Å². The van der Waals surface area contributed by atoms with Crippen molar-refractivity contribution in [2.45, 2.75) is 129 Å². The molecule has 0 N–H and O–H groups in total. The predicted octanol–water partition coefficient (Wildman–Crippen LogP) is 8.32. The van der Waals surface area contributed by atoms with Gasteiger partial charge in [-0.15, -0.1) is 0 Å². The van der Waals surface area contributed by atoms with E-state index in [1.807, 2.05) is 0 Å². The van der Waals surface area contributed by atoms with Crippen LogP contribution in [0.5, 0.6) is 0 Å². The SMILES string of the molecule is C=C(C)C(=O)OCCCCCCCCCCC[N+](C)(C)CCCCCCCCCCCOC(=O)C(=C)C. The Balaban J connectivity index is 3.39. The Hall–Kier alpha value is -1.62. The van der Waals surface area contributed by atoms with E-state index < -0.39 is 0 Å². The molecule has 0 atom stereocenters. The van der Waals surface area contributed by atoms with E-state index in [9.17, 15) is 9.59 Å². The van der Waals surface area contributed by atoms with Gasteiger partial charge in [0.05, 0.1) is 40.4 Å². The number of hydrogen-bond acceptors (Lipinski definition) is 4. The van der Waals surface area contributed by atoms with E-state index in [1.165, 1.54) is 103 Å². The first kappa shape index (κ1) is 35.4. The van der Waals surface area contributed by atoms with Crippen LogP contribution in [0.25, 0.3) is 0 Å². The Kier molecular flexibility index (Phi) is 22.5. The van der Waals surface area contributed by atoms with Crippen LogP contribution in [0.3, 0.4) is 0 Å². The van der Waals surface area contributed by atoms with Crippen molar-refractivity contribution in [3.05, 3.63) is 24.3 Å². The molecule has 0 heterocycles. The molecule has 0 saturated heterocycles. The summed E-state index contributed by atoms with van der Waals surface area (Å²) in [5, 5.41) is 0. The zero-order valence-electron chi connectivity index (χ0n) is 25.1. The monoisotopic (exact) mass is 522 g/mol. The molecule has 0 fully saturated rings. The summed E-state index contributed by atoms with van der Waals surface area (Å²) in [6.45, 7) is 14.2. The number of rotatable bonds is 26. The normalized spacial score (nSPS) is 11.4. The molecule has 0 unspecified atom stereocenters. The molecule has 0 spiro atoms. The minimum Gasteiger partial charge on any atom is -0.462 e. The first-order valence-electron chi connectivity index (χ1n) is 15.1. The van der Waals surface area contributed by atoms with Crippen LogP contribution in [0.15, 0.2) is 24.3 Å². The van der Waals surface area contributed by atoms with E-state index in [4.69, 9.17) is 9.47 Å². The zero-order chi connectivity index (χ0) is 27.8. The summed E-state index contributed by atoms with van der Waals surface area (Å²) in [6, 6.07) is 0. The Morgan fingerprint density at radius 1 is 0.486 bits per heavy atom. The highest BCUT2D eigenvalue weighted by atomic mass is 16.5. The Morgan fingerprint density at radius 2 is 0.730 bits per heavy atom. The van der Waals surface area contributed by atoms with Gasteiger partial charge in [0.1, 0.15) is 0 Å². The second kappa shape index (κ2) is 23.5. The lowest BCUT2D eigenvalue weighted by Gasteiger charge is -2.30. The van der Waals surface area contributed by atoms with Gasteiger partial charge in [-0.2, -0.15) is 0 Å². The lowest BCUT2D eigenvalue weighted by Crippen LogP contribution is -2.41. The minimum atomic E-state index is -0.265. The van der Waals surface area contributed by atoms with Crippen LogP contribution in [-0.2, 0) is 19.1 Å². The molecule has 0 radical (unpaired) electrons. The van der Waals surface area contributed by atoms with Gasteiger partial charge in [0, 0.05) is 11.1 Å². The van der Waals surface area contributed by atoms with Crippen molar-refractivity contribution in [2.75, 3.05) is 40.4 Å². The van der Waals surface area contributed by atoms with Crippen LogP contribution in [0.4, 0.5) is 0 Å². The zero-order valence-corrected chi connectivity index (χ0v) is 25.1. The fraction of sp³-hybridized carbons (Fsp3) is 0.812. The molecule has 0 aromatic carbocycles. The molecule has 5 heteroatoms. The van der Waals surface area contributed by atoms with Crippen molar-refractivity contribution in [2.24, 2.45) is 0 Å². The highest BCUT2D eigenvalue weighted by Gasteiger charge is 2.13. The van der Waals surface area contributed by atoms with Crippen LogP contribution >= 0.6 is 0 Å². The maximum Gasteiger partial charge on any atom is 0.333 e. The molecule has 0 aromatic heterocycles. The molecule has 37 heavy (non-hydrogen) atoms. The summed E-state index contributed by atoms with van der Waals surface area (Å²) in [6.07, 6.45) is 22.7. The molecule has 0 saturated carbocycles. The van der Waals surface area contributed by atoms with Crippen molar-refractivity contribution in [1.29, 1.82) is 0 Å². The summed E-state index contributed by atoms with van der Waals surface area (Å²) in [7, 11) is 4.78. The van der Waals surface area contributed by atoms with E-state index in [-0.39, 0.29) is 11.9 Å². The number of quaternary nitrogens is 1. The van der Waals surface area contributed by atoms with Crippen LogP contribution in [-0.4, -0.2) is 56.8 Å². The van der Waals surface area contributed by atoms with E-state index in [0.717, 1.165) is 30.2 Å². The molecule has 0 bridgehead atoms. The van der Waals surface area contributed by atoms with Crippen molar-refractivity contribution in [3.8, 4) is 0 Å².